The molecule has 4 nitrogen and oxygen atoms in total. The molecule has 0 saturated heterocycles. The fraction of sp³-hybridized carbons (Fsp3) is 0. The van der Waals surface area contributed by atoms with Crippen molar-refractivity contribution in [2.24, 2.45) is 0 Å². The molecular formula is C7H5N3O. The van der Waals surface area contributed by atoms with Crippen molar-refractivity contribution in [3.05, 3.63) is 30.7 Å². The van der Waals surface area contributed by atoms with Crippen LogP contribution in [0.5, 0.6) is 0 Å². The Balaban J connectivity index is 2.46. The highest BCUT2D eigenvalue weighted by Gasteiger charge is 1.99. The lowest BCUT2D eigenvalue weighted by Gasteiger charge is -1.88. The van der Waals surface area contributed by atoms with Crippen molar-refractivity contribution in [3.8, 4) is 11.4 Å². The fourth-order valence-electron chi connectivity index (χ4n) is 0.783. The molecule has 2 aromatic heterocycles. The molecule has 0 aliphatic rings. The summed E-state index contributed by atoms with van der Waals surface area (Å²) in [7, 11) is 0. The predicted octanol–water partition coefficient (Wildman–Crippen LogP) is 1.13. The summed E-state index contributed by atoms with van der Waals surface area (Å²) in [5, 5.41) is 11.3. The average Bonchev–Trinajstić information content (AvgIpc) is 2.58. The molecule has 0 aliphatic heterocycles. The zero-order chi connectivity index (χ0) is 7.52. The standard InChI is InChI=1S/C7H5N3O/c1-2-6(9-8-4-1)7-3-5-11-10-7/h1-5H. The Labute approximate surface area is 62.9 Å². The second kappa shape index (κ2) is 2.49. The Morgan fingerprint density at radius 2 is 2.18 bits per heavy atom. The molecule has 2 heterocycles. The molecule has 0 amide bonds. The van der Waals surface area contributed by atoms with E-state index >= 15 is 0 Å². The maximum Gasteiger partial charge on any atom is 0.134 e. The smallest absolute Gasteiger partial charge is 0.134 e. The van der Waals surface area contributed by atoms with Gasteiger partial charge in [-0.1, -0.05) is 5.16 Å². The van der Waals surface area contributed by atoms with Gasteiger partial charge < -0.3 is 4.52 Å². The van der Waals surface area contributed by atoms with Crippen LogP contribution in [-0.2, 0) is 0 Å². The number of rotatable bonds is 1. The minimum atomic E-state index is 0.707. The Bertz CT molecular complexity index is 317. The molecule has 0 spiro atoms. The molecule has 0 aromatic carbocycles. The molecule has 11 heavy (non-hydrogen) atoms. The van der Waals surface area contributed by atoms with E-state index in [9.17, 15) is 0 Å². The Morgan fingerprint density at radius 1 is 1.18 bits per heavy atom. The van der Waals surface area contributed by atoms with E-state index in [4.69, 9.17) is 0 Å². The van der Waals surface area contributed by atoms with Crippen LogP contribution >= 0.6 is 0 Å². The minimum Gasteiger partial charge on any atom is -0.364 e. The summed E-state index contributed by atoms with van der Waals surface area (Å²) in [4.78, 5) is 0. The van der Waals surface area contributed by atoms with Crippen LogP contribution in [0.15, 0.2) is 35.2 Å². The first-order valence-corrected chi connectivity index (χ1v) is 3.15. The highest BCUT2D eigenvalue weighted by Crippen LogP contribution is 2.10. The maximum atomic E-state index is 4.65. The van der Waals surface area contributed by atoms with Crippen LogP contribution in [0.4, 0.5) is 0 Å². The lowest BCUT2D eigenvalue weighted by Crippen LogP contribution is -1.84. The van der Waals surface area contributed by atoms with E-state index in [1.807, 2.05) is 6.07 Å². The highest BCUT2D eigenvalue weighted by molar-refractivity contribution is 5.50. The van der Waals surface area contributed by atoms with Crippen LogP contribution in [-0.4, -0.2) is 15.4 Å². The Morgan fingerprint density at radius 3 is 2.82 bits per heavy atom. The van der Waals surface area contributed by atoms with Crippen molar-refractivity contribution >= 4 is 0 Å². The van der Waals surface area contributed by atoms with E-state index in [2.05, 4.69) is 19.9 Å². The lowest BCUT2D eigenvalue weighted by molar-refractivity contribution is 0.422. The molecule has 0 bridgehead atoms. The van der Waals surface area contributed by atoms with E-state index in [1.54, 1.807) is 18.3 Å². The summed E-state index contributed by atoms with van der Waals surface area (Å²) < 4.78 is 4.65. The SMILES string of the molecule is c1cnnc(-c2ccon2)c1. The molecule has 0 unspecified atom stereocenters. The second-order valence-electron chi connectivity index (χ2n) is 1.99. The Kier molecular flexibility index (Phi) is 1.37. The fourth-order valence-corrected chi connectivity index (χ4v) is 0.783. The largest absolute Gasteiger partial charge is 0.364 e. The molecule has 0 aliphatic carbocycles. The van der Waals surface area contributed by atoms with Crippen LogP contribution in [0.1, 0.15) is 0 Å². The molecule has 0 fully saturated rings. The first kappa shape index (κ1) is 6.03. The van der Waals surface area contributed by atoms with Gasteiger partial charge in [-0.25, -0.2) is 0 Å². The van der Waals surface area contributed by atoms with Gasteiger partial charge >= 0.3 is 0 Å². The minimum absolute atomic E-state index is 0.707. The molecule has 0 radical (unpaired) electrons. The quantitative estimate of drug-likeness (QED) is 0.606. The van der Waals surface area contributed by atoms with E-state index < -0.39 is 0 Å². The van der Waals surface area contributed by atoms with Crippen molar-refractivity contribution < 1.29 is 4.52 Å². The van der Waals surface area contributed by atoms with Crippen LogP contribution in [0, 0.1) is 0 Å². The molecule has 54 valence electrons. The van der Waals surface area contributed by atoms with Crippen molar-refractivity contribution in [2.75, 3.05) is 0 Å². The van der Waals surface area contributed by atoms with Gasteiger partial charge in [-0.3, -0.25) is 0 Å². The molecule has 2 rings (SSSR count). The number of hydrogen-bond donors (Lipinski definition) is 0. The van der Waals surface area contributed by atoms with Crippen molar-refractivity contribution in [1.82, 2.24) is 15.4 Å². The predicted molar refractivity (Wildman–Crippen MR) is 37.5 cm³/mol. The lowest BCUT2D eigenvalue weighted by atomic mass is 10.3. The monoisotopic (exact) mass is 147 g/mol. The van der Waals surface area contributed by atoms with Crippen LogP contribution in [0.3, 0.4) is 0 Å². The normalized spacial score (nSPS) is 9.82. The maximum absolute atomic E-state index is 4.65. The van der Waals surface area contributed by atoms with Gasteiger partial charge in [0.25, 0.3) is 0 Å². The third-order valence-electron chi connectivity index (χ3n) is 1.27. The summed E-state index contributed by atoms with van der Waals surface area (Å²) in [6, 6.07) is 5.37. The summed E-state index contributed by atoms with van der Waals surface area (Å²) in [5.41, 5.74) is 1.43. The summed E-state index contributed by atoms with van der Waals surface area (Å²) in [6.45, 7) is 0. The molecule has 4 heteroatoms. The van der Waals surface area contributed by atoms with Gasteiger partial charge in [0.1, 0.15) is 17.7 Å². The second-order valence-corrected chi connectivity index (χ2v) is 1.99. The first-order valence-electron chi connectivity index (χ1n) is 3.15. The first-order chi connectivity index (χ1) is 5.47. The van der Waals surface area contributed by atoms with Gasteiger partial charge in [0.2, 0.25) is 0 Å². The van der Waals surface area contributed by atoms with Gasteiger partial charge in [-0.05, 0) is 12.1 Å². The molecule has 2 aromatic rings. The summed E-state index contributed by atoms with van der Waals surface area (Å²) >= 11 is 0. The van der Waals surface area contributed by atoms with E-state index in [1.165, 1.54) is 6.26 Å². The van der Waals surface area contributed by atoms with Crippen LogP contribution < -0.4 is 0 Å². The van der Waals surface area contributed by atoms with Crippen molar-refractivity contribution in [1.29, 1.82) is 0 Å². The topological polar surface area (TPSA) is 51.8 Å². The summed E-state index contributed by atoms with van der Waals surface area (Å²) in [5.74, 6) is 0. The number of nitrogens with zero attached hydrogens (tertiary/aromatic N) is 3. The number of aromatic nitrogens is 3. The van der Waals surface area contributed by atoms with Crippen LogP contribution in [0.2, 0.25) is 0 Å². The average molecular weight is 147 g/mol. The van der Waals surface area contributed by atoms with E-state index in [0.29, 0.717) is 5.69 Å². The third kappa shape index (κ3) is 1.10. The van der Waals surface area contributed by atoms with E-state index in [0.717, 1.165) is 5.69 Å². The Hall–Kier alpha value is -1.71. The molecule has 0 atom stereocenters. The molecule has 0 N–H and O–H groups in total. The van der Waals surface area contributed by atoms with E-state index in [-0.39, 0.29) is 0 Å². The van der Waals surface area contributed by atoms with Crippen LogP contribution in [0.25, 0.3) is 11.4 Å². The third-order valence-corrected chi connectivity index (χ3v) is 1.27. The van der Waals surface area contributed by atoms with Gasteiger partial charge in [-0.2, -0.15) is 5.10 Å². The highest BCUT2D eigenvalue weighted by atomic mass is 16.5. The number of hydrogen-bond acceptors (Lipinski definition) is 4. The zero-order valence-electron chi connectivity index (χ0n) is 5.64. The van der Waals surface area contributed by atoms with Crippen molar-refractivity contribution in [2.45, 2.75) is 0 Å². The van der Waals surface area contributed by atoms with Gasteiger partial charge in [0.05, 0.1) is 0 Å². The van der Waals surface area contributed by atoms with Crippen molar-refractivity contribution in [3.63, 3.8) is 0 Å². The molecule has 0 saturated carbocycles. The van der Waals surface area contributed by atoms with Gasteiger partial charge in [0.15, 0.2) is 0 Å². The molecular weight excluding hydrogens is 142 g/mol. The van der Waals surface area contributed by atoms with Gasteiger partial charge in [0, 0.05) is 12.3 Å². The zero-order valence-corrected chi connectivity index (χ0v) is 5.64. The van der Waals surface area contributed by atoms with Gasteiger partial charge in [-0.15, -0.1) is 5.10 Å². The summed E-state index contributed by atoms with van der Waals surface area (Å²) in [6.07, 6.45) is 3.12.